The van der Waals surface area contributed by atoms with Crippen molar-refractivity contribution in [2.75, 3.05) is 6.61 Å². The van der Waals surface area contributed by atoms with E-state index < -0.39 is 0 Å². The van der Waals surface area contributed by atoms with E-state index in [1.54, 1.807) is 0 Å². The summed E-state index contributed by atoms with van der Waals surface area (Å²) in [5.41, 5.74) is 0. The normalized spacial score (nSPS) is 26.2. The third kappa shape index (κ3) is 4.11. The summed E-state index contributed by atoms with van der Waals surface area (Å²) in [6, 6.07) is 0. The highest BCUT2D eigenvalue weighted by Crippen LogP contribution is 2.09. The molecule has 0 N–H and O–H groups in total. The predicted molar refractivity (Wildman–Crippen MR) is 52.3 cm³/mol. The summed E-state index contributed by atoms with van der Waals surface area (Å²) in [6.45, 7) is 2.48. The van der Waals surface area contributed by atoms with Crippen LogP contribution in [0.2, 0.25) is 0 Å². The topological polar surface area (TPSA) is 26.3 Å². The molecule has 74 valence electrons. The number of esters is 1. The number of cyclic esters (lactones) is 1. The van der Waals surface area contributed by atoms with E-state index in [4.69, 9.17) is 4.74 Å². The van der Waals surface area contributed by atoms with E-state index in [9.17, 15) is 4.79 Å². The van der Waals surface area contributed by atoms with E-state index >= 15 is 0 Å². The van der Waals surface area contributed by atoms with Crippen molar-refractivity contribution in [3.05, 3.63) is 12.2 Å². The molecule has 0 spiro atoms. The average Bonchev–Trinajstić information content (AvgIpc) is 2.16. The fourth-order valence-corrected chi connectivity index (χ4v) is 1.40. The number of hydrogen-bond acceptors (Lipinski definition) is 2. The molecule has 0 radical (unpaired) electrons. The highest BCUT2D eigenvalue weighted by atomic mass is 16.5. The summed E-state index contributed by atoms with van der Waals surface area (Å²) < 4.78 is 5.10. The quantitative estimate of drug-likeness (QED) is 0.425. The lowest BCUT2D eigenvalue weighted by atomic mass is 10.1. The van der Waals surface area contributed by atoms with Gasteiger partial charge in [0.1, 0.15) is 0 Å². The van der Waals surface area contributed by atoms with Crippen molar-refractivity contribution in [2.45, 2.75) is 39.0 Å². The Bertz CT molecular complexity index is 185. The molecule has 0 aromatic rings. The fourth-order valence-electron chi connectivity index (χ4n) is 1.40. The smallest absolute Gasteiger partial charge is 0.312 e. The molecule has 1 aliphatic rings. The summed E-state index contributed by atoms with van der Waals surface area (Å²) in [5, 5.41) is 0. The van der Waals surface area contributed by atoms with Crippen LogP contribution in [0.3, 0.4) is 0 Å². The van der Waals surface area contributed by atoms with Crippen LogP contribution in [0.1, 0.15) is 39.0 Å². The maximum atomic E-state index is 11.3. The second-order valence-corrected chi connectivity index (χ2v) is 3.59. The molecule has 2 nitrogen and oxygen atoms in total. The Kier molecular flexibility index (Phi) is 4.58. The standard InChI is InChI=1S/C11H18O2/c1-10-8-6-4-2-3-5-7-9-13-11(10)12/h6,8,10H,2-5,7,9H2,1H3. The minimum atomic E-state index is -0.0850. The maximum Gasteiger partial charge on any atom is 0.312 e. The third-order valence-corrected chi connectivity index (χ3v) is 2.31. The molecular formula is C11H18O2. The van der Waals surface area contributed by atoms with E-state index in [-0.39, 0.29) is 11.9 Å². The largest absolute Gasteiger partial charge is 0.465 e. The van der Waals surface area contributed by atoms with E-state index in [0.29, 0.717) is 6.61 Å². The van der Waals surface area contributed by atoms with Crippen LogP contribution in [-0.4, -0.2) is 12.6 Å². The zero-order valence-corrected chi connectivity index (χ0v) is 8.29. The number of allylic oxidation sites excluding steroid dienone is 1. The summed E-state index contributed by atoms with van der Waals surface area (Å²) >= 11 is 0. The van der Waals surface area contributed by atoms with Crippen LogP contribution in [0, 0.1) is 5.92 Å². The molecule has 0 saturated carbocycles. The summed E-state index contributed by atoms with van der Waals surface area (Å²) in [6.07, 6.45) is 9.81. The van der Waals surface area contributed by atoms with Crippen molar-refractivity contribution in [3.63, 3.8) is 0 Å². The van der Waals surface area contributed by atoms with Gasteiger partial charge >= 0.3 is 5.97 Å². The molecule has 0 saturated heterocycles. The van der Waals surface area contributed by atoms with Crippen molar-refractivity contribution in [2.24, 2.45) is 5.92 Å². The molecule has 0 aliphatic carbocycles. The van der Waals surface area contributed by atoms with Crippen LogP contribution in [0.5, 0.6) is 0 Å². The van der Waals surface area contributed by atoms with Crippen LogP contribution in [-0.2, 0) is 9.53 Å². The first-order valence-corrected chi connectivity index (χ1v) is 5.14. The third-order valence-electron chi connectivity index (χ3n) is 2.31. The zero-order chi connectivity index (χ0) is 9.52. The second kappa shape index (κ2) is 5.79. The fraction of sp³-hybridized carbons (Fsp3) is 0.727. The molecule has 2 heteroatoms. The van der Waals surface area contributed by atoms with Gasteiger partial charge in [-0.3, -0.25) is 4.79 Å². The Morgan fingerprint density at radius 2 is 2.08 bits per heavy atom. The van der Waals surface area contributed by atoms with E-state index in [2.05, 4.69) is 6.08 Å². The molecule has 13 heavy (non-hydrogen) atoms. The Hall–Kier alpha value is -0.790. The summed E-state index contributed by atoms with van der Waals surface area (Å²) in [7, 11) is 0. The summed E-state index contributed by atoms with van der Waals surface area (Å²) in [5.74, 6) is -0.156. The Labute approximate surface area is 80.0 Å². The van der Waals surface area contributed by atoms with Gasteiger partial charge < -0.3 is 4.74 Å². The van der Waals surface area contributed by atoms with E-state index in [1.165, 1.54) is 19.3 Å². The lowest BCUT2D eigenvalue weighted by molar-refractivity contribution is -0.146. The zero-order valence-electron chi connectivity index (χ0n) is 8.29. The minimum Gasteiger partial charge on any atom is -0.465 e. The first-order chi connectivity index (χ1) is 6.30. The minimum absolute atomic E-state index is 0.0712. The molecule has 0 fully saturated rings. The van der Waals surface area contributed by atoms with Crippen LogP contribution >= 0.6 is 0 Å². The van der Waals surface area contributed by atoms with Gasteiger partial charge in [-0.2, -0.15) is 0 Å². The van der Waals surface area contributed by atoms with Gasteiger partial charge in [-0.25, -0.2) is 0 Å². The van der Waals surface area contributed by atoms with Crippen molar-refractivity contribution in [3.8, 4) is 0 Å². The molecule has 1 unspecified atom stereocenters. The Morgan fingerprint density at radius 1 is 1.31 bits per heavy atom. The molecular weight excluding hydrogens is 164 g/mol. The van der Waals surface area contributed by atoms with Crippen LogP contribution in [0.15, 0.2) is 12.2 Å². The van der Waals surface area contributed by atoms with E-state index in [1.807, 2.05) is 13.0 Å². The first kappa shape index (κ1) is 10.3. The number of carbonyl (C=O) groups excluding carboxylic acids is 1. The molecule has 0 bridgehead atoms. The van der Waals surface area contributed by atoms with Gasteiger partial charge in [0.05, 0.1) is 12.5 Å². The number of carbonyl (C=O) groups is 1. The van der Waals surface area contributed by atoms with Gasteiger partial charge in [0.2, 0.25) is 0 Å². The van der Waals surface area contributed by atoms with Gasteiger partial charge in [-0.1, -0.05) is 25.0 Å². The molecule has 0 amide bonds. The van der Waals surface area contributed by atoms with Gasteiger partial charge in [0.15, 0.2) is 0 Å². The number of ether oxygens (including phenoxy) is 1. The van der Waals surface area contributed by atoms with Crippen LogP contribution < -0.4 is 0 Å². The molecule has 1 aliphatic heterocycles. The van der Waals surface area contributed by atoms with Crippen molar-refractivity contribution in [1.29, 1.82) is 0 Å². The van der Waals surface area contributed by atoms with Crippen molar-refractivity contribution >= 4 is 5.97 Å². The molecule has 0 aromatic carbocycles. The molecule has 1 heterocycles. The number of rotatable bonds is 0. The lowest BCUT2D eigenvalue weighted by Gasteiger charge is -2.06. The summed E-state index contributed by atoms with van der Waals surface area (Å²) in [4.78, 5) is 11.3. The monoisotopic (exact) mass is 182 g/mol. The maximum absolute atomic E-state index is 11.3. The van der Waals surface area contributed by atoms with Crippen molar-refractivity contribution < 1.29 is 9.53 Å². The highest BCUT2D eigenvalue weighted by Gasteiger charge is 2.10. The van der Waals surface area contributed by atoms with Crippen LogP contribution in [0.25, 0.3) is 0 Å². The van der Waals surface area contributed by atoms with Crippen molar-refractivity contribution in [1.82, 2.24) is 0 Å². The molecule has 1 atom stereocenters. The van der Waals surface area contributed by atoms with Crippen LogP contribution in [0.4, 0.5) is 0 Å². The lowest BCUT2D eigenvalue weighted by Crippen LogP contribution is -2.13. The Balaban J connectivity index is 2.42. The van der Waals surface area contributed by atoms with Gasteiger partial charge in [-0.05, 0) is 26.2 Å². The molecule has 1 rings (SSSR count). The first-order valence-electron chi connectivity index (χ1n) is 5.14. The highest BCUT2D eigenvalue weighted by molar-refractivity contribution is 5.73. The van der Waals surface area contributed by atoms with Gasteiger partial charge in [0.25, 0.3) is 0 Å². The van der Waals surface area contributed by atoms with Gasteiger partial charge in [-0.15, -0.1) is 0 Å². The van der Waals surface area contributed by atoms with E-state index in [0.717, 1.165) is 12.8 Å². The van der Waals surface area contributed by atoms with Gasteiger partial charge in [0, 0.05) is 0 Å². The number of hydrogen-bond donors (Lipinski definition) is 0. The molecule has 0 aromatic heterocycles. The average molecular weight is 182 g/mol. The second-order valence-electron chi connectivity index (χ2n) is 3.59. The SMILES string of the molecule is CC1C=CCCCCCCOC1=O. The Morgan fingerprint density at radius 3 is 2.92 bits per heavy atom. The predicted octanol–water partition coefficient (Wildman–Crippen LogP) is 2.69.